The third-order valence-corrected chi connectivity index (χ3v) is 5.46. The number of halogens is 1. The molecule has 0 fully saturated rings. The lowest BCUT2D eigenvalue weighted by molar-refractivity contribution is -0.368. The van der Waals surface area contributed by atoms with Gasteiger partial charge in [-0.2, -0.15) is 4.98 Å². The Hall–Kier alpha value is -2.58. The first-order valence-electron chi connectivity index (χ1n) is 9.88. The van der Waals surface area contributed by atoms with Gasteiger partial charge in [0.05, 0.1) is 13.1 Å². The topological polar surface area (TPSA) is 101 Å². The fraction of sp³-hybridized carbons (Fsp3) is 0.450. The second-order valence-corrected chi connectivity index (χ2v) is 7.59. The summed E-state index contributed by atoms with van der Waals surface area (Å²) in [6.07, 6.45) is 4.37. The number of quaternary nitrogens is 1. The van der Waals surface area contributed by atoms with E-state index in [0.717, 1.165) is 48.9 Å². The van der Waals surface area contributed by atoms with Crippen molar-refractivity contribution >= 4 is 28.7 Å². The quantitative estimate of drug-likeness (QED) is 0.511. The number of unbranched alkanes of at least 4 members (excludes halogenated alkanes) is 3. The Morgan fingerprint density at radius 3 is 2.52 bits per heavy atom. The Morgan fingerprint density at radius 1 is 1.07 bits per heavy atom. The first-order chi connectivity index (χ1) is 14.0. The van der Waals surface area contributed by atoms with Crippen LogP contribution in [0.1, 0.15) is 31.2 Å². The number of nitrogens with one attached hydrogen (secondary N) is 1. The van der Waals surface area contributed by atoms with Crippen molar-refractivity contribution in [3.8, 4) is 0 Å². The Morgan fingerprint density at radius 2 is 1.79 bits per heavy atom. The number of hydrogen-bond acceptors (Lipinski definition) is 4. The van der Waals surface area contributed by atoms with Gasteiger partial charge in [-0.15, -0.1) is 0 Å². The number of imidazole rings is 1. The Bertz CT molecular complexity index is 1110. The number of aromatic nitrogens is 4. The zero-order valence-electron chi connectivity index (χ0n) is 16.9. The average Bonchev–Trinajstić information content (AvgIpc) is 3.07. The molecule has 29 heavy (non-hydrogen) atoms. The number of benzene rings is 1. The van der Waals surface area contributed by atoms with Crippen LogP contribution in [0.5, 0.6) is 0 Å². The van der Waals surface area contributed by atoms with Gasteiger partial charge in [0.15, 0.2) is 11.2 Å². The van der Waals surface area contributed by atoms with Crippen molar-refractivity contribution in [1.29, 1.82) is 0 Å². The molecule has 9 heteroatoms. The van der Waals surface area contributed by atoms with Crippen molar-refractivity contribution in [2.45, 2.75) is 32.2 Å². The maximum absolute atomic E-state index is 12.9. The summed E-state index contributed by atoms with van der Waals surface area (Å²) in [5.41, 5.74) is 4.72. The summed E-state index contributed by atoms with van der Waals surface area (Å²) in [5, 5.41) is 3.96. The lowest BCUT2D eigenvalue weighted by Gasteiger charge is -2.12. The Balaban J connectivity index is 2.01. The summed E-state index contributed by atoms with van der Waals surface area (Å²) in [4.78, 5) is 29.8. The highest BCUT2D eigenvalue weighted by molar-refractivity contribution is 6.31. The zero-order valence-corrected chi connectivity index (χ0v) is 17.7. The SMILES string of the molecule is Cn1c(=O)c2c(nc(NCCCCCC[NH3+])n2Cc2ccccc2Cl)n(C)c1=O. The molecule has 8 nitrogen and oxygen atoms in total. The third-order valence-electron chi connectivity index (χ3n) is 5.09. The van der Waals surface area contributed by atoms with E-state index in [1.54, 1.807) is 7.05 Å². The molecule has 2 aromatic heterocycles. The normalized spacial score (nSPS) is 11.3. The summed E-state index contributed by atoms with van der Waals surface area (Å²) >= 11 is 6.35. The molecular weight excluding hydrogens is 392 g/mol. The molecule has 4 N–H and O–H groups in total. The van der Waals surface area contributed by atoms with Gasteiger partial charge in [0.2, 0.25) is 5.95 Å². The fourth-order valence-corrected chi connectivity index (χ4v) is 3.58. The molecule has 156 valence electrons. The van der Waals surface area contributed by atoms with Gasteiger partial charge in [0.1, 0.15) is 0 Å². The van der Waals surface area contributed by atoms with Crippen LogP contribution in [-0.2, 0) is 20.6 Å². The van der Waals surface area contributed by atoms with Gasteiger partial charge in [0.25, 0.3) is 5.56 Å². The van der Waals surface area contributed by atoms with Gasteiger partial charge in [-0.25, -0.2) is 4.79 Å². The third kappa shape index (κ3) is 4.38. The molecule has 3 aromatic rings. The molecule has 0 aliphatic rings. The van der Waals surface area contributed by atoms with Crippen molar-refractivity contribution in [3.05, 3.63) is 55.7 Å². The summed E-state index contributed by atoms with van der Waals surface area (Å²) < 4.78 is 4.32. The standard InChI is InChI=1S/C20H27ClN6O2/c1-25-17-16(18(28)26(2)20(25)29)27(13-14-9-5-6-10-15(14)21)19(24-17)23-12-8-4-3-7-11-22/h5-6,9-10H,3-4,7-8,11-13,22H2,1-2H3,(H,23,24)/p+1. The molecule has 3 rings (SSSR count). The predicted molar refractivity (Wildman–Crippen MR) is 115 cm³/mol. The van der Waals surface area contributed by atoms with Crippen molar-refractivity contribution < 1.29 is 5.73 Å². The minimum absolute atomic E-state index is 0.365. The van der Waals surface area contributed by atoms with Gasteiger partial charge >= 0.3 is 5.69 Å². The molecule has 0 spiro atoms. The number of nitrogens with zero attached hydrogens (tertiary/aromatic N) is 4. The zero-order chi connectivity index (χ0) is 21.0. The van der Waals surface area contributed by atoms with Crippen LogP contribution in [0.2, 0.25) is 5.02 Å². The summed E-state index contributed by atoms with van der Waals surface area (Å²) in [7, 11) is 3.10. The average molecular weight is 420 g/mol. The first kappa shape index (κ1) is 21.1. The van der Waals surface area contributed by atoms with Crippen molar-refractivity contribution in [2.75, 3.05) is 18.4 Å². The summed E-state index contributed by atoms with van der Waals surface area (Å²) in [6.45, 7) is 2.07. The molecule has 0 bridgehead atoms. The molecule has 0 aliphatic heterocycles. The van der Waals surface area contributed by atoms with Crippen LogP contribution in [-0.4, -0.2) is 31.8 Å². The molecule has 2 heterocycles. The highest BCUT2D eigenvalue weighted by Crippen LogP contribution is 2.22. The summed E-state index contributed by atoms with van der Waals surface area (Å²) in [5.74, 6) is 0.565. The highest BCUT2D eigenvalue weighted by atomic mass is 35.5. The van der Waals surface area contributed by atoms with Crippen LogP contribution < -0.4 is 22.3 Å². The molecule has 0 saturated heterocycles. The van der Waals surface area contributed by atoms with Crippen molar-refractivity contribution in [1.82, 2.24) is 18.7 Å². The van der Waals surface area contributed by atoms with E-state index in [9.17, 15) is 9.59 Å². The summed E-state index contributed by atoms with van der Waals surface area (Å²) in [6, 6.07) is 7.51. The number of anilines is 1. The highest BCUT2D eigenvalue weighted by Gasteiger charge is 2.19. The van der Waals surface area contributed by atoms with E-state index in [4.69, 9.17) is 11.6 Å². The fourth-order valence-electron chi connectivity index (χ4n) is 3.39. The number of fused-ring (bicyclic) bond motifs is 1. The van der Waals surface area contributed by atoms with Gasteiger partial charge in [0, 0.05) is 25.7 Å². The number of hydrogen-bond donors (Lipinski definition) is 2. The maximum Gasteiger partial charge on any atom is 0.332 e. The molecule has 0 amide bonds. The number of rotatable bonds is 9. The van der Waals surface area contributed by atoms with Gasteiger partial charge in [-0.05, 0) is 30.9 Å². The van der Waals surface area contributed by atoms with Crippen molar-refractivity contribution in [2.24, 2.45) is 14.1 Å². The van der Waals surface area contributed by atoms with E-state index in [1.807, 2.05) is 28.8 Å². The molecule has 0 unspecified atom stereocenters. The van der Waals surface area contributed by atoms with Crippen LogP contribution in [0.3, 0.4) is 0 Å². The van der Waals surface area contributed by atoms with E-state index in [0.29, 0.717) is 28.7 Å². The second-order valence-electron chi connectivity index (χ2n) is 7.19. The Kier molecular flexibility index (Phi) is 6.76. The maximum atomic E-state index is 12.9. The monoisotopic (exact) mass is 419 g/mol. The lowest BCUT2D eigenvalue weighted by atomic mass is 10.2. The Labute approximate surface area is 173 Å². The molecule has 0 aliphatic carbocycles. The molecular formula is C20H28ClN6O2+. The minimum atomic E-state index is -0.399. The smallest absolute Gasteiger partial charge is 0.332 e. The lowest BCUT2D eigenvalue weighted by Crippen LogP contribution is -2.50. The molecule has 0 atom stereocenters. The number of aryl methyl sites for hydroxylation is 1. The van der Waals surface area contributed by atoms with E-state index in [-0.39, 0.29) is 5.56 Å². The van der Waals surface area contributed by atoms with Crippen molar-refractivity contribution in [3.63, 3.8) is 0 Å². The van der Waals surface area contributed by atoms with E-state index in [2.05, 4.69) is 16.0 Å². The van der Waals surface area contributed by atoms with Gasteiger partial charge in [-0.1, -0.05) is 36.2 Å². The predicted octanol–water partition coefficient (Wildman–Crippen LogP) is 1.35. The van der Waals surface area contributed by atoms with E-state index in [1.165, 1.54) is 11.6 Å². The minimum Gasteiger partial charge on any atom is -0.358 e. The van der Waals surface area contributed by atoms with Crippen LogP contribution in [0.15, 0.2) is 33.9 Å². The second kappa shape index (κ2) is 9.28. The van der Waals surface area contributed by atoms with Crippen LogP contribution in [0, 0.1) is 0 Å². The van der Waals surface area contributed by atoms with Crippen LogP contribution in [0.4, 0.5) is 5.95 Å². The molecule has 1 aromatic carbocycles. The first-order valence-corrected chi connectivity index (χ1v) is 10.3. The van der Waals surface area contributed by atoms with Crippen LogP contribution in [0.25, 0.3) is 11.2 Å². The van der Waals surface area contributed by atoms with Gasteiger partial charge < -0.3 is 11.1 Å². The van der Waals surface area contributed by atoms with E-state index >= 15 is 0 Å². The van der Waals surface area contributed by atoms with E-state index < -0.39 is 5.69 Å². The molecule has 0 radical (unpaired) electrons. The largest absolute Gasteiger partial charge is 0.358 e. The molecule has 0 saturated carbocycles. The van der Waals surface area contributed by atoms with Gasteiger partial charge in [-0.3, -0.25) is 18.5 Å². The van der Waals surface area contributed by atoms with Crippen LogP contribution >= 0.6 is 11.6 Å².